The Hall–Kier alpha value is -4.37. The number of dihydropyridines is 1. The zero-order chi connectivity index (χ0) is 27.8. The van der Waals surface area contributed by atoms with Gasteiger partial charge in [0, 0.05) is 58.1 Å². The molecule has 198 valence electrons. The molecular weight excluding hydrogens is 528 g/mol. The number of Topliss-reactive ketones (excluding diaryl/α,β-unsaturated/α-hetero) is 1. The molecule has 2 N–H and O–H groups in total. The average molecular weight is 550 g/mol. The summed E-state index contributed by atoms with van der Waals surface area (Å²) in [6.07, 6.45) is 0.626. The first-order valence-corrected chi connectivity index (χ1v) is 12.5. The van der Waals surface area contributed by atoms with Gasteiger partial charge in [0.2, 0.25) is 0 Å². The fourth-order valence-corrected chi connectivity index (χ4v) is 5.49. The van der Waals surface area contributed by atoms with Gasteiger partial charge in [0.15, 0.2) is 5.78 Å². The zero-order valence-electron chi connectivity index (χ0n) is 20.6. The van der Waals surface area contributed by atoms with Gasteiger partial charge in [0.25, 0.3) is 11.6 Å². The summed E-state index contributed by atoms with van der Waals surface area (Å²) in [7, 11) is 0. The van der Waals surface area contributed by atoms with Crippen molar-refractivity contribution in [3.63, 3.8) is 0 Å². The number of benzene rings is 3. The third-order valence-electron chi connectivity index (χ3n) is 7.02. The first-order chi connectivity index (χ1) is 18.6. The molecule has 0 fully saturated rings. The number of carbonyl (C=O) groups is 2. The van der Waals surface area contributed by atoms with Gasteiger partial charge < -0.3 is 10.6 Å². The molecule has 3 aromatic rings. The van der Waals surface area contributed by atoms with Crippen molar-refractivity contribution in [2.45, 2.75) is 31.6 Å². The lowest BCUT2D eigenvalue weighted by Gasteiger charge is -2.37. The SMILES string of the molecule is CC1=C(C(=O)Nc2ccc(F)cc2F)C(c2cc([N+](=O)[O-])ccc2Cl)C2=C(CC(c3ccccc3)CC2=O)N1. The Morgan fingerprint density at radius 3 is 2.51 bits per heavy atom. The van der Waals surface area contributed by atoms with Crippen molar-refractivity contribution in [3.05, 3.63) is 127 Å². The molecule has 5 rings (SSSR count). The number of nitrogens with zero attached hydrogens (tertiary/aromatic N) is 1. The second-order valence-corrected chi connectivity index (χ2v) is 9.88. The quantitative estimate of drug-likeness (QED) is 0.278. The zero-order valence-corrected chi connectivity index (χ0v) is 21.4. The number of anilines is 1. The Labute approximate surface area is 227 Å². The van der Waals surface area contributed by atoms with Crippen LogP contribution in [0.2, 0.25) is 5.02 Å². The Bertz CT molecular complexity index is 1590. The van der Waals surface area contributed by atoms with Crippen molar-refractivity contribution in [1.29, 1.82) is 0 Å². The number of nitro benzene ring substituents is 1. The molecule has 2 unspecified atom stereocenters. The van der Waals surface area contributed by atoms with E-state index in [2.05, 4.69) is 10.6 Å². The predicted octanol–water partition coefficient (Wildman–Crippen LogP) is 6.53. The van der Waals surface area contributed by atoms with E-state index < -0.39 is 28.4 Å². The minimum absolute atomic E-state index is 0.0476. The first kappa shape index (κ1) is 26.2. The van der Waals surface area contributed by atoms with Gasteiger partial charge in [-0.15, -0.1) is 0 Å². The van der Waals surface area contributed by atoms with Crippen molar-refractivity contribution in [3.8, 4) is 0 Å². The molecule has 3 aromatic carbocycles. The van der Waals surface area contributed by atoms with Crippen LogP contribution in [-0.4, -0.2) is 16.6 Å². The van der Waals surface area contributed by atoms with Crippen LogP contribution < -0.4 is 10.6 Å². The number of hydrogen-bond acceptors (Lipinski definition) is 5. The highest BCUT2D eigenvalue weighted by atomic mass is 35.5. The van der Waals surface area contributed by atoms with Crippen molar-refractivity contribution in [1.82, 2.24) is 5.32 Å². The highest BCUT2D eigenvalue weighted by molar-refractivity contribution is 6.31. The van der Waals surface area contributed by atoms with Crippen LogP contribution in [0.5, 0.6) is 0 Å². The smallest absolute Gasteiger partial charge is 0.269 e. The summed E-state index contributed by atoms with van der Waals surface area (Å²) >= 11 is 6.53. The van der Waals surface area contributed by atoms with Gasteiger partial charge in [-0.25, -0.2) is 8.78 Å². The van der Waals surface area contributed by atoms with Gasteiger partial charge in [-0.05, 0) is 48.6 Å². The van der Waals surface area contributed by atoms with E-state index in [0.29, 0.717) is 23.9 Å². The maximum Gasteiger partial charge on any atom is 0.269 e. The lowest BCUT2D eigenvalue weighted by Crippen LogP contribution is -2.37. The third-order valence-corrected chi connectivity index (χ3v) is 7.37. The number of ketones is 1. The van der Waals surface area contributed by atoms with E-state index in [9.17, 15) is 28.5 Å². The monoisotopic (exact) mass is 549 g/mol. The summed E-state index contributed by atoms with van der Waals surface area (Å²) in [5.41, 5.74) is 1.97. The van der Waals surface area contributed by atoms with E-state index in [1.165, 1.54) is 18.2 Å². The lowest BCUT2D eigenvalue weighted by molar-refractivity contribution is -0.384. The second-order valence-electron chi connectivity index (χ2n) is 9.47. The van der Waals surface area contributed by atoms with Crippen LogP contribution in [0, 0.1) is 21.7 Å². The molecule has 0 bridgehead atoms. The number of allylic oxidation sites excluding steroid dienone is 3. The molecule has 10 heteroatoms. The molecule has 1 amide bonds. The number of nitro groups is 1. The van der Waals surface area contributed by atoms with Gasteiger partial charge in [-0.3, -0.25) is 19.7 Å². The topological polar surface area (TPSA) is 101 Å². The molecule has 2 atom stereocenters. The molecule has 7 nitrogen and oxygen atoms in total. The molecule has 0 saturated heterocycles. The number of amides is 1. The van der Waals surface area contributed by atoms with Crippen molar-refractivity contribution in [2.24, 2.45) is 0 Å². The van der Waals surface area contributed by atoms with Crippen LogP contribution in [0.4, 0.5) is 20.2 Å². The minimum Gasteiger partial charge on any atom is -0.362 e. The number of hydrogen-bond donors (Lipinski definition) is 2. The van der Waals surface area contributed by atoms with E-state index in [1.807, 2.05) is 30.3 Å². The van der Waals surface area contributed by atoms with Crippen molar-refractivity contribution in [2.75, 3.05) is 5.32 Å². The van der Waals surface area contributed by atoms with E-state index in [1.54, 1.807) is 6.92 Å². The van der Waals surface area contributed by atoms with Crippen molar-refractivity contribution < 1.29 is 23.3 Å². The molecule has 1 aliphatic heterocycles. The number of nitrogens with one attached hydrogen (secondary N) is 2. The second kappa shape index (κ2) is 10.4. The number of carbonyl (C=O) groups excluding carboxylic acids is 2. The Kier molecular flexibility index (Phi) is 7.01. The minimum atomic E-state index is -1.05. The van der Waals surface area contributed by atoms with E-state index in [4.69, 9.17) is 11.6 Å². The van der Waals surface area contributed by atoms with Gasteiger partial charge in [0.05, 0.1) is 10.6 Å². The summed E-state index contributed by atoms with van der Waals surface area (Å²) in [5, 5.41) is 17.4. The van der Waals surface area contributed by atoms with Crippen LogP contribution in [0.3, 0.4) is 0 Å². The summed E-state index contributed by atoms with van der Waals surface area (Å²) in [4.78, 5) is 38.3. The summed E-state index contributed by atoms with van der Waals surface area (Å²) in [5.74, 6) is -3.95. The standard InChI is InChI=1S/C29H22ClF2N3O4/c1-15-26(29(37)34-23-10-7-18(31)13-22(23)32)27(20-14-19(35(38)39)8-9-21(20)30)28-24(33-15)11-17(12-25(28)36)16-5-3-2-4-6-16/h2-10,13-14,17,27,33H,11-12H2,1H3,(H,34,37). The maximum absolute atomic E-state index is 14.4. The fourth-order valence-electron chi connectivity index (χ4n) is 5.26. The average Bonchev–Trinajstić information content (AvgIpc) is 2.90. The number of halogens is 3. The van der Waals surface area contributed by atoms with E-state index in [-0.39, 0.29) is 51.2 Å². The Balaban J connectivity index is 1.63. The molecule has 0 saturated carbocycles. The number of rotatable bonds is 5. The molecule has 39 heavy (non-hydrogen) atoms. The molecule has 0 spiro atoms. The van der Waals surface area contributed by atoms with Gasteiger partial charge in [0.1, 0.15) is 11.6 Å². The van der Waals surface area contributed by atoms with Crippen molar-refractivity contribution >= 4 is 34.7 Å². The van der Waals surface area contributed by atoms with Crippen LogP contribution >= 0.6 is 11.6 Å². The highest BCUT2D eigenvalue weighted by Crippen LogP contribution is 2.47. The van der Waals surface area contributed by atoms with E-state index in [0.717, 1.165) is 17.7 Å². The Morgan fingerprint density at radius 2 is 1.82 bits per heavy atom. The third kappa shape index (κ3) is 5.05. The maximum atomic E-state index is 14.4. The molecule has 1 heterocycles. The normalized spacial score (nSPS) is 18.9. The van der Waals surface area contributed by atoms with Gasteiger partial charge >= 0.3 is 0 Å². The first-order valence-electron chi connectivity index (χ1n) is 12.1. The van der Waals surface area contributed by atoms with E-state index >= 15 is 0 Å². The summed E-state index contributed by atoms with van der Waals surface area (Å²) < 4.78 is 27.8. The molecule has 0 radical (unpaired) electrons. The van der Waals surface area contributed by atoms with Gasteiger partial charge in [-0.2, -0.15) is 0 Å². The lowest BCUT2D eigenvalue weighted by atomic mass is 9.71. The predicted molar refractivity (Wildman–Crippen MR) is 142 cm³/mol. The molecule has 0 aromatic heterocycles. The molecular formula is C29H22ClF2N3O4. The van der Waals surface area contributed by atoms with Crippen LogP contribution in [-0.2, 0) is 9.59 Å². The van der Waals surface area contributed by atoms with Gasteiger partial charge in [-0.1, -0.05) is 41.9 Å². The summed E-state index contributed by atoms with van der Waals surface area (Å²) in [6.45, 7) is 1.63. The number of non-ortho nitro benzene ring substituents is 1. The van der Waals surface area contributed by atoms with Crippen LogP contribution in [0.1, 0.15) is 42.7 Å². The van der Waals surface area contributed by atoms with Crippen LogP contribution in [0.25, 0.3) is 0 Å². The fraction of sp³-hybridized carbons (Fsp3) is 0.172. The molecule has 1 aliphatic carbocycles. The Morgan fingerprint density at radius 1 is 1.08 bits per heavy atom. The van der Waals surface area contributed by atoms with Crippen LogP contribution in [0.15, 0.2) is 89.3 Å². The largest absolute Gasteiger partial charge is 0.362 e. The highest BCUT2D eigenvalue weighted by Gasteiger charge is 2.42. The molecule has 2 aliphatic rings. The summed E-state index contributed by atoms with van der Waals surface area (Å²) in [6, 6.07) is 16.1.